The van der Waals surface area contributed by atoms with E-state index in [1.807, 2.05) is 30.3 Å². The highest BCUT2D eigenvalue weighted by Gasteiger charge is 2.17. The summed E-state index contributed by atoms with van der Waals surface area (Å²) in [5.74, 6) is 0.395. The molecule has 1 amide bonds. The molecule has 1 atom stereocenters. The lowest BCUT2D eigenvalue weighted by molar-refractivity contribution is 0.0936. The summed E-state index contributed by atoms with van der Waals surface area (Å²) in [5, 5.41) is 17.0. The van der Waals surface area contributed by atoms with E-state index in [-0.39, 0.29) is 5.91 Å². The highest BCUT2D eigenvalue weighted by molar-refractivity contribution is 5.92. The molecular weight excluding hydrogens is 282 g/mol. The lowest BCUT2D eigenvalue weighted by Crippen LogP contribution is -2.26. The minimum Gasteiger partial charge on any atom is -0.478 e. The minimum atomic E-state index is -0.583. The number of fused-ring (bicyclic) bond motifs is 1. The van der Waals surface area contributed by atoms with Crippen LogP contribution in [-0.2, 0) is 6.54 Å². The molecule has 1 aliphatic heterocycles. The fourth-order valence-electron chi connectivity index (χ4n) is 2.43. The number of amides is 1. The molecule has 0 bridgehead atoms. The van der Waals surface area contributed by atoms with Crippen molar-refractivity contribution in [1.82, 2.24) is 15.1 Å². The summed E-state index contributed by atoms with van der Waals surface area (Å²) in [6, 6.07) is 11.1. The molecule has 6 heteroatoms. The summed E-state index contributed by atoms with van der Waals surface area (Å²) in [6.07, 6.45) is 0.777. The minimum absolute atomic E-state index is 0.245. The highest BCUT2D eigenvalue weighted by atomic mass is 16.5. The molecule has 0 saturated heterocycles. The third-order valence-corrected chi connectivity index (χ3v) is 3.63. The van der Waals surface area contributed by atoms with Gasteiger partial charge in [-0.1, -0.05) is 30.3 Å². The van der Waals surface area contributed by atoms with E-state index in [0.717, 1.165) is 18.5 Å². The molecule has 0 radical (unpaired) electrons. The van der Waals surface area contributed by atoms with Gasteiger partial charge in [-0.25, -0.2) is 4.68 Å². The Morgan fingerprint density at radius 1 is 1.41 bits per heavy atom. The molecule has 0 fully saturated rings. The van der Waals surface area contributed by atoms with Crippen LogP contribution in [0, 0.1) is 0 Å². The first kappa shape index (κ1) is 14.6. The average molecular weight is 301 g/mol. The van der Waals surface area contributed by atoms with E-state index in [1.54, 1.807) is 10.7 Å². The van der Waals surface area contributed by atoms with Gasteiger partial charge in [0.25, 0.3) is 5.91 Å². The smallest absolute Gasteiger partial charge is 0.271 e. The fraction of sp³-hybridized carbons (Fsp3) is 0.375. The van der Waals surface area contributed by atoms with Crippen LogP contribution in [0.15, 0.2) is 36.4 Å². The summed E-state index contributed by atoms with van der Waals surface area (Å²) in [4.78, 5) is 12.1. The zero-order valence-electron chi connectivity index (χ0n) is 12.2. The van der Waals surface area contributed by atoms with Crippen LogP contribution < -0.4 is 10.1 Å². The van der Waals surface area contributed by atoms with E-state index in [4.69, 9.17) is 4.74 Å². The second-order valence-corrected chi connectivity index (χ2v) is 5.26. The van der Waals surface area contributed by atoms with Crippen LogP contribution in [0.25, 0.3) is 0 Å². The first-order valence-corrected chi connectivity index (χ1v) is 7.46. The van der Waals surface area contributed by atoms with Gasteiger partial charge in [-0.3, -0.25) is 4.79 Å². The summed E-state index contributed by atoms with van der Waals surface area (Å²) in [6.45, 7) is 1.82. The number of aliphatic hydroxyl groups is 1. The Balaban J connectivity index is 1.51. The molecule has 116 valence electrons. The maximum Gasteiger partial charge on any atom is 0.271 e. The number of carbonyl (C=O) groups is 1. The summed E-state index contributed by atoms with van der Waals surface area (Å²) >= 11 is 0. The Morgan fingerprint density at radius 2 is 2.23 bits per heavy atom. The average Bonchev–Trinajstić information content (AvgIpc) is 2.99. The van der Waals surface area contributed by atoms with Crippen molar-refractivity contribution in [1.29, 1.82) is 0 Å². The van der Waals surface area contributed by atoms with Gasteiger partial charge in [0.15, 0.2) is 5.69 Å². The van der Waals surface area contributed by atoms with Gasteiger partial charge in [0, 0.05) is 25.6 Å². The second kappa shape index (κ2) is 6.62. The number of aromatic nitrogens is 2. The molecule has 2 aromatic rings. The van der Waals surface area contributed by atoms with Gasteiger partial charge < -0.3 is 15.2 Å². The molecule has 2 N–H and O–H groups in total. The number of ether oxygens (including phenoxy) is 1. The second-order valence-electron chi connectivity index (χ2n) is 5.26. The lowest BCUT2D eigenvalue weighted by Gasteiger charge is -2.13. The zero-order valence-corrected chi connectivity index (χ0v) is 12.2. The van der Waals surface area contributed by atoms with Gasteiger partial charge in [-0.15, -0.1) is 0 Å². The van der Waals surface area contributed by atoms with Crippen molar-refractivity contribution >= 4 is 5.91 Å². The van der Waals surface area contributed by atoms with Gasteiger partial charge in [-0.05, 0) is 12.0 Å². The third kappa shape index (κ3) is 3.28. The van der Waals surface area contributed by atoms with Crippen molar-refractivity contribution in [3.63, 3.8) is 0 Å². The number of hydrogen-bond donors (Lipinski definition) is 2. The SMILES string of the molecule is O=C(NCCC(O)c1ccccc1)c1cc2n(n1)CCCO2. The van der Waals surface area contributed by atoms with E-state index in [1.165, 1.54) is 0 Å². The molecule has 0 spiro atoms. The number of hydrogen-bond acceptors (Lipinski definition) is 4. The van der Waals surface area contributed by atoms with Crippen LogP contribution in [0.2, 0.25) is 0 Å². The summed E-state index contributed by atoms with van der Waals surface area (Å²) in [7, 11) is 0. The molecular formula is C16H19N3O3. The maximum absolute atomic E-state index is 12.1. The molecule has 22 heavy (non-hydrogen) atoms. The van der Waals surface area contributed by atoms with E-state index >= 15 is 0 Å². The van der Waals surface area contributed by atoms with Crippen LogP contribution in [0.4, 0.5) is 0 Å². The highest BCUT2D eigenvalue weighted by Crippen LogP contribution is 2.18. The Kier molecular flexibility index (Phi) is 4.39. The molecule has 1 aliphatic rings. The summed E-state index contributed by atoms with van der Waals surface area (Å²) in [5.41, 5.74) is 1.20. The standard InChI is InChI=1S/C16H19N3O3/c20-14(12-5-2-1-3-6-12)7-8-17-16(21)13-11-15-19(18-13)9-4-10-22-15/h1-3,5-6,11,14,20H,4,7-10H2,(H,17,21). The molecule has 1 aromatic carbocycles. The first-order chi connectivity index (χ1) is 10.7. The van der Waals surface area contributed by atoms with Crippen molar-refractivity contribution in [2.75, 3.05) is 13.2 Å². The van der Waals surface area contributed by atoms with Gasteiger partial charge in [-0.2, -0.15) is 5.10 Å². The zero-order chi connectivity index (χ0) is 15.4. The van der Waals surface area contributed by atoms with Crippen molar-refractivity contribution < 1.29 is 14.6 Å². The maximum atomic E-state index is 12.1. The molecule has 0 aliphatic carbocycles. The van der Waals surface area contributed by atoms with Gasteiger partial charge in [0.1, 0.15) is 0 Å². The number of rotatable bonds is 5. The molecule has 0 saturated carbocycles. The van der Waals surface area contributed by atoms with Crippen LogP contribution in [0.3, 0.4) is 0 Å². The van der Waals surface area contributed by atoms with E-state index in [0.29, 0.717) is 31.1 Å². The van der Waals surface area contributed by atoms with Gasteiger partial charge in [0.2, 0.25) is 5.88 Å². The van der Waals surface area contributed by atoms with Gasteiger partial charge >= 0.3 is 0 Å². The summed E-state index contributed by atoms with van der Waals surface area (Å²) < 4.78 is 7.14. The predicted molar refractivity (Wildman–Crippen MR) is 80.7 cm³/mol. The third-order valence-electron chi connectivity index (χ3n) is 3.63. The molecule has 3 rings (SSSR count). The van der Waals surface area contributed by atoms with Crippen molar-refractivity contribution in [2.45, 2.75) is 25.5 Å². The quantitative estimate of drug-likeness (QED) is 0.878. The number of aryl methyl sites for hydroxylation is 1. The van der Waals surface area contributed by atoms with Crippen LogP contribution in [-0.4, -0.2) is 33.9 Å². The topological polar surface area (TPSA) is 76.4 Å². The van der Waals surface area contributed by atoms with E-state index in [2.05, 4.69) is 10.4 Å². The number of nitrogens with one attached hydrogen (secondary N) is 1. The van der Waals surface area contributed by atoms with Crippen molar-refractivity contribution in [3.05, 3.63) is 47.7 Å². The van der Waals surface area contributed by atoms with Crippen molar-refractivity contribution in [3.8, 4) is 5.88 Å². The predicted octanol–water partition coefficient (Wildman–Crippen LogP) is 1.52. The Morgan fingerprint density at radius 3 is 3.00 bits per heavy atom. The van der Waals surface area contributed by atoms with E-state index in [9.17, 15) is 9.90 Å². The lowest BCUT2D eigenvalue weighted by atomic mass is 10.1. The van der Waals surface area contributed by atoms with Gasteiger partial charge in [0.05, 0.1) is 12.7 Å². The number of aliphatic hydroxyl groups excluding tert-OH is 1. The number of nitrogens with zero attached hydrogens (tertiary/aromatic N) is 2. The number of benzene rings is 1. The normalized spacial score (nSPS) is 14.8. The Hall–Kier alpha value is -2.34. The molecule has 2 heterocycles. The van der Waals surface area contributed by atoms with E-state index < -0.39 is 6.10 Å². The van der Waals surface area contributed by atoms with Crippen molar-refractivity contribution in [2.24, 2.45) is 0 Å². The largest absolute Gasteiger partial charge is 0.478 e. The first-order valence-electron chi connectivity index (χ1n) is 7.46. The Bertz CT molecular complexity index is 616. The van der Waals surface area contributed by atoms with Crippen LogP contribution in [0.5, 0.6) is 5.88 Å². The molecule has 1 unspecified atom stereocenters. The van der Waals surface area contributed by atoms with Crippen LogP contribution in [0.1, 0.15) is 35.0 Å². The Labute approximate surface area is 128 Å². The molecule has 1 aromatic heterocycles. The van der Waals surface area contributed by atoms with Crippen LogP contribution >= 0.6 is 0 Å². The molecule has 6 nitrogen and oxygen atoms in total. The fourth-order valence-corrected chi connectivity index (χ4v) is 2.43. The monoisotopic (exact) mass is 301 g/mol. The number of carbonyl (C=O) groups excluding carboxylic acids is 1.